The fourth-order valence-electron chi connectivity index (χ4n) is 4.43. The number of nitrogens with zero attached hydrogens (tertiary/aromatic N) is 1. The zero-order chi connectivity index (χ0) is 22.7. The molecular weight excluding hydrogens is 426 g/mol. The second-order valence-corrected chi connectivity index (χ2v) is 9.69. The molecule has 168 valence electrons. The summed E-state index contributed by atoms with van der Waals surface area (Å²) in [4.78, 5) is 43.1. The number of amides is 2. The number of aliphatic carboxylic acids is 1. The van der Waals surface area contributed by atoms with Gasteiger partial charge in [0, 0.05) is 23.8 Å². The van der Waals surface area contributed by atoms with Crippen molar-refractivity contribution in [2.24, 2.45) is 17.8 Å². The van der Waals surface area contributed by atoms with E-state index in [-0.39, 0.29) is 11.8 Å². The quantitative estimate of drug-likeness (QED) is 0.577. The van der Waals surface area contributed by atoms with E-state index in [4.69, 9.17) is 0 Å². The summed E-state index contributed by atoms with van der Waals surface area (Å²) in [7, 11) is 0. The molecule has 0 saturated heterocycles. The van der Waals surface area contributed by atoms with Crippen molar-refractivity contribution in [1.82, 2.24) is 10.3 Å². The fourth-order valence-corrected chi connectivity index (χ4v) is 5.85. The first-order valence-electron chi connectivity index (χ1n) is 10.9. The molecule has 32 heavy (non-hydrogen) atoms. The number of fused-ring (bicyclic) bond motifs is 1. The first-order chi connectivity index (χ1) is 15.4. The minimum Gasteiger partial charge on any atom is -0.481 e. The second-order valence-electron chi connectivity index (χ2n) is 8.58. The molecule has 3 atom stereocenters. The molecule has 0 unspecified atom stereocenters. The molecule has 2 aromatic heterocycles. The Kier molecular flexibility index (Phi) is 6.69. The molecule has 0 aliphatic heterocycles. The molecule has 2 aliphatic rings. The molecule has 8 heteroatoms. The van der Waals surface area contributed by atoms with Crippen LogP contribution in [0, 0.1) is 17.8 Å². The van der Waals surface area contributed by atoms with Gasteiger partial charge in [-0.25, -0.2) is 0 Å². The lowest BCUT2D eigenvalue weighted by atomic mass is 9.82. The zero-order valence-corrected chi connectivity index (χ0v) is 18.8. The van der Waals surface area contributed by atoms with E-state index >= 15 is 0 Å². The molecule has 2 amide bonds. The SMILES string of the molecule is C[C@@H]1CCc2c(sc(NC(=O)[C@@H]3CC=CC[C@@H]3C(=O)O)c2C(=O)NCc2cccnc2)C1. The Hall–Kier alpha value is -3.00. The van der Waals surface area contributed by atoms with Crippen LogP contribution in [0.15, 0.2) is 36.7 Å². The van der Waals surface area contributed by atoms with E-state index in [0.29, 0.717) is 35.9 Å². The average molecular weight is 454 g/mol. The van der Waals surface area contributed by atoms with Crippen LogP contribution in [0.1, 0.15) is 52.5 Å². The highest BCUT2D eigenvalue weighted by Crippen LogP contribution is 2.40. The smallest absolute Gasteiger partial charge is 0.307 e. The third-order valence-electron chi connectivity index (χ3n) is 6.24. The number of aromatic nitrogens is 1. The molecule has 0 fully saturated rings. The molecule has 2 aliphatic carbocycles. The Morgan fingerprint density at radius 1 is 1.22 bits per heavy atom. The molecule has 7 nitrogen and oxygen atoms in total. The molecule has 0 bridgehead atoms. The number of nitrogens with one attached hydrogen (secondary N) is 2. The van der Waals surface area contributed by atoms with Crippen LogP contribution in [0.2, 0.25) is 0 Å². The van der Waals surface area contributed by atoms with Crippen LogP contribution < -0.4 is 10.6 Å². The maximum Gasteiger partial charge on any atom is 0.307 e. The van der Waals surface area contributed by atoms with E-state index in [9.17, 15) is 19.5 Å². The van der Waals surface area contributed by atoms with Crippen LogP contribution in [0.5, 0.6) is 0 Å². The minimum absolute atomic E-state index is 0.227. The lowest BCUT2D eigenvalue weighted by Gasteiger charge is -2.24. The number of hydrogen-bond acceptors (Lipinski definition) is 5. The lowest BCUT2D eigenvalue weighted by Crippen LogP contribution is -2.35. The maximum absolute atomic E-state index is 13.2. The van der Waals surface area contributed by atoms with Gasteiger partial charge in [0.05, 0.1) is 17.4 Å². The molecule has 0 aromatic carbocycles. The van der Waals surface area contributed by atoms with Gasteiger partial charge in [0.2, 0.25) is 5.91 Å². The van der Waals surface area contributed by atoms with Gasteiger partial charge in [0.1, 0.15) is 5.00 Å². The van der Waals surface area contributed by atoms with E-state index in [0.717, 1.165) is 35.3 Å². The summed E-state index contributed by atoms with van der Waals surface area (Å²) in [5.74, 6) is -2.41. The van der Waals surface area contributed by atoms with Crippen LogP contribution in [-0.2, 0) is 29.0 Å². The number of carbonyl (C=O) groups is 3. The summed E-state index contributed by atoms with van der Waals surface area (Å²) in [6, 6.07) is 3.71. The van der Waals surface area contributed by atoms with Gasteiger partial charge in [-0.05, 0) is 55.2 Å². The van der Waals surface area contributed by atoms with Gasteiger partial charge in [0.25, 0.3) is 5.91 Å². The minimum atomic E-state index is -0.969. The van der Waals surface area contributed by atoms with Crippen LogP contribution >= 0.6 is 11.3 Å². The Morgan fingerprint density at radius 3 is 2.72 bits per heavy atom. The van der Waals surface area contributed by atoms with Crippen molar-refractivity contribution in [1.29, 1.82) is 0 Å². The van der Waals surface area contributed by atoms with Crippen LogP contribution in [0.3, 0.4) is 0 Å². The number of thiophene rings is 1. The van der Waals surface area contributed by atoms with E-state index in [1.165, 1.54) is 11.3 Å². The van der Waals surface area contributed by atoms with Crippen molar-refractivity contribution in [2.75, 3.05) is 5.32 Å². The predicted molar refractivity (Wildman–Crippen MR) is 123 cm³/mol. The van der Waals surface area contributed by atoms with Crippen molar-refractivity contribution in [3.8, 4) is 0 Å². The molecular formula is C24H27N3O4S. The van der Waals surface area contributed by atoms with Crippen molar-refractivity contribution < 1.29 is 19.5 Å². The van der Waals surface area contributed by atoms with Crippen LogP contribution in [-0.4, -0.2) is 27.9 Å². The van der Waals surface area contributed by atoms with Gasteiger partial charge in [-0.15, -0.1) is 11.3 Å². The van der Waals surface area contributed by atoms with Gasteiger partial charge in [-0.2, -0.15) is 0 Å². The molecule has 0 spiro atoms. The summed E-state index contributed by atoms with van der Waals surface area (Å²) in [6.45, 7) is 2.53. The third-order valence-corrected chi connectivity index (χ3v) is 7.41. The van der Waals surface area contributed by atoms with Crippen molar-refractivity contribution in [3.05, 3.63) is 58.2 Å². The van der Waals surface area contributed by atoms with Crippen LogP contribution in [0.25, 0.3) is 0 Å². The maximum atomic E-state index is 13.2. The van der Waals surface area contributed by atoms with E-state index in [1.807, 2.05) is 24.3 Å². The van der Waals surface area contributed by atoms with Gasteiger partial charge in [-0.1, -0.05) is 25.1 Å². The monoisotopic (exact) mass is 453 g/mol. The number of carbonyl (C=O) groups excluding carboxylic acids is 2. The van der Waals surface area contributed by atoms with E-state index in [2.05, 4.69) is 22.5 Å². The summed E-state index contributed by atoms with van der Waals surface area (Å²) in [5.41, 5.74) is 2.42. The highest BCUT2D eigenvalue weighted by Gasteiger charge is 2.35. The largest absolute Gasteiger partial charge is 0.481 e. The summed E-state index contributed by atoms with van der Waals surface area (Å²) >= 11 is 1.45. The topological polar surface area (TPSA) is 108 Å². The summed E-state index contributed by atoms with van der Waals surface area (Å²) in [5, 5.41) is 15.9. The normalized spacial score (nSPS) is 22.1. The van der Waals surface area contributed by atoms with Gasteiger partial charge >= 0.3 is 5.97 Å². The van der Waals surface area contributed by atoms with Crippen molar-refractivity contribution in [2.45, 2.75) is 45.6 Å². The number of carboxylic acid groups (broad SMARTS) is 1. The number of pyridine rings is 1. The lowest BCUT2D eigenvalue weighted by molar-refractivity contribution is -0.146. The zero-order valence-electron chi connectivity index (χ0n) is 18.0. The van der Waals surface area contributed by atoms with Gasteiger partial charge in [0.15, 0.2) is 0 Å². The molecule has 0 radical (unpaired) electrons. The Balaban J connectivity index is 1.58. The van der Waals surface area contributed by atoms with Crippen molar-refractivity contribution in [3.63, 3.8) is 0 Å². The highest BCUT2D eigenvalue weighted by molar-refractivity contribution is 7.17. The number of rotatable bonds is 6. The first kappa shape index (κ1) is 22.2. The molecule has 4 rings (SSSR count). The van der Waals surface area contributed by atoms with Crippen molar-refractivity contribution >= 4 is 34.1 Å². The predicted octanol–water partition coefficient (Wildman–Crippen LogP) is 3.80. The molecule has 2 heterocycles. The summed E-state index contributed by atoms with van der Waals surface area (Å²) in [6.07, 6.45) is 10.4. The molecule has 0 saturated carbocycles. The highest BCUT2D eigenvalue weighted by atomic mass is 32.1. The fraction of sp³-hybridized carbons (Fsp3) is 0.417. The number of hydrogen-bond donors (Lipinski definition) is 3. The molecule has 2 aromatic rings. The van der Waals surface area contributed by atoms with Gasteiger partial charge in [-0.3, -0.25) is 19.4 Å². The second kappa shape index (κ2) is 9.65. The number of anilines is 1. The number of allylic oxidation sites excluding steroid dienone is 2. The standard InChI is InChI=1S/C24H27N3O4S/c1-14-8-9-18-19(11-14)32-23(20(18)22(29)26-13-15-5-4-10-25-12-15)27-21(28)16-6-2-3-7-17(16)24(30)31/h2-5,10,12,14,16-17H,6-9,11,13H2,1H3,(H,26,29)(H,27,28)(H,30,31)/t14-,16-,17+/m1/s1. The molecule has 3 N–H and O–H groups in total. The average Bonchev–Trinajstić information content (AvgIpc) is 3.14. The van der Waals surface area contributed by atoms with E-state index < -0.39 is 17.8 Å². The first-order valence-corrected chi connectivity index (χ1v) is 11.8. The Bertz CT molecular complexity index is 1050. The third kappa shape index (κ3) is 4.75. The van der Waals surface area contributed by atoms with Crippen LogP contribution in [0.4, 0.5) is 5.00 Å². The summed E-state index contributed by atoms with van der Waals surface area (Å²) < 4.78 is 0. The van der Waals surface area contributed by atoms with Gasteiger partial charge < -0.3 is 15.7 Å². The Labute approximate surface area is 190 Å². The number of carboxylic acids is 1. The van der Waals surface area contributed by atoms with E-state index in [1.54, 1.807) is 12.4 Å². The Morgan fingerprint density at radius 2 is 2.00 bits per heavy atom.